The van der Waals surface area contributed by atoms with E-state index in [1.165, 1.54) is 11.3 Å². The quantitative estimate of drug-likeness (QED) is 0.814. The Balaban J connectivity index is 2.29. The van der Waals surface area contributed by atoms with Gasteiger partial charge in [-0.2, -0.15) is 0 Å². The number of hydrogen-bond acceptors (Lipinski definition) is 4. The van der Waals surface area contributed by atoms with E-state index >= 15 is 0 Å². The van der Waals surface area contributed by atoms with Crippen LogP contribution in [0.5, 0.6) is 5.75 Å². The number of phenols is 1. The van der Waals surface area contributed by atoms with Gasteiger partial charge < -0.3 is 5.11 Å². The second-order valence-corrected chi connectivity index (χ2v) is 6.52. The van der Waals surface area contributed by atoms with Crippen LogP contribution in [-0.2, 0) is 0 Å². The highest BCUT2D eigenvalue weighted by atomic mass is 79.9. The lowest BCUT2D eigenvalue weighted by Crippen LogP contribution is -2.12. The molecule has 0 aliphatic heterocycles. The number of carbonyl (C=O) groups excluding carboxylic acids is 1. The number of aromatic nitrogens is 1. The molecule has 2 aromatic rings. The van der Waals surface area contributed by atoms with Crippen LogP contribution in [0.1, 0.15) is 15.2 Å². The van der Waals surface area contributed by atoms with Gasteiger partial charge in [-0.05, 0) is 35.0 Å². The molecule has 2 rings (SSSR count). The largest absolute Gasteiger partial charge is 0.506 e. The number of aryl methyl sites for hydroxylation is 1. The number of phenolic OH excluding ortho intramolecular Hbond substituents is 1. The summed E-state index contributed by atoms with van der Waals surface area (Å²) in [5, 5.41) is 13.0. The van der Waals surface area contributed by atoms with Gasteiger partial charge in [-0.25, -0.2) is 4.98 Å². The molecule has 7 heteroatoms. The fourth-order valence-corrected chi connectivity index (χ4v) is 3.20. The van der Waals surface area contributed by atoms with Crippen LogP contribution in [0.3, 0.4) is 0 Å². The summed E-state index contributed by atoms with van der Waals surface area (Å²) in [6, 6.07) is 3.22. The van der Waals surface area contributed by atoms with Crippen molar-refractivity contribution in [3.8, 4) is 5.75 Å². The standard InChI is InChI=1S/C11H8Br2N2O2S/c1-5-4-14-11(18-5)15-10(17)7-2-6(12)3-8(13)9(7)16/h2-4,16H,1H3,(H,14,15,17). The van der Waals surface area contributed by atoms with Gasteiger partial charge >= 0.3 is 0 Å². The SMILES string of the molecule is Cc1cnc(NC(=O)c2cc(Br)cc(Br)c2O)s1. The predicted octanol–water partition coefficient (Wildman–Crippen LogP) is 3.93. The minimum Gasteiger partial charge on any atom is -0.506 e. The second-order valence-electron chi connectivity index (χ2n) is 3.51. The van der Waals surface area contributed by atoms with Crippen molar-refractivity contribution >= 4 is 54.2 Å². The van der Waals surface area contributed by atoms with Crippen molar-refractivity contribution in [3.05, 3.63) is 37.7 Å². The maximum Gasteiger partial charge on any atom is 0.261 e. The Morgan fingerprint density at radius 2 is 2.17 bits per heavy atom. The number of anilines is 1. The zero-order chi connectivity index (χ0) is 13.3. The Morgan fingerprint density at radius 3 is 2.78 bits per heavy atom. The molecule has 94 valence electrons. The maximum absolute atomic E-state index is 12.0. The van der Waals surface area contributed by atoms with E-state index in [0.29, 0.717) is 14.1 Å². The van der Waals surface area contributed by atoms with Crippen molar-refractivity contribution in [2.45, 2.75) is 6.92 Å². The second kappa shape index (κ2) is 5.38. The summed E-state index contributed by atoms with van der Waals surface area (Å²) in [6.07, 6.45) is 1.68. The summed E-state index contributed by atoms with van der Waals surface area (Å²) in [6.45, 7) is 1.90. The number of nitrogens with one attached hydrogen (secondary N) is 1. The van der Waals surface area contributed by atoms with Crippen LogP contribution in [0.25, 0.3) is 0 Å². The van der Waals surface area contributed by atoms with Crippen molar-refractivity contribution in [2.75, 3.05) is 5.32 Å². The van der Waals surface area contributed by atoms with E-state index in [1.807, 2.05) is 6.92 Å². The van der Waals surface area contributed by atoms with Crippen molar-refractivity contribution < 1.29 is 9.90 Å². The molecule has 0 bridgehead atoms. The normalized spacial score (nSPS) is 10.4. The Hall–Kier alpha value is -0.920. The van der Waals surface area contributed by atoms with E-state index < -0.39 is 5.91 Å². The summed E-state index contributed by atoms with van der Waals surface area (Å²) in [7, 11) is 0. The first kappa shape index (κ1) is 13.5. The van der Waals surface area contributed by atoms with E-state index in [-0.39, 0.29) is 11.3 Å². The molecule has 0 aliphatic carbocycles. The minimum atomic E-state index is -0.399. The number of hydrogen-bond donors (Lipinski definition) is 2. The fourth-order valence-electron chi connectivity index (χ4n) is 1.32. The van der Waals surface area contributed by atoms with Gasteiger partial charge in [0.15, 0.2) is 5.13 Å². The van der Waals surface area contributed by atoms with Gasteiger partial charge in [0.1, 0.15) is 5.75 Å². The molecule has 1 aromatic heterocycles. The van der Waals surface area contributed by atoms with Crippen LogP contribution >= 0.6 is 43.2 Å². The average Bonchev–Trinajstić information content (AvgIpc) is 2.69. The Morgan fingerprint density at radius 1 is 1.44 bits per heavy atom. The van der Waals surface area contributed by atoms with E-state index in [2.05, 4.69) is 42.2 Å². The number of aromatic hydroxyl groups is 1. The lowest BCUT2D eigenvalue weighted by atomic mass is 10.2. The number of benzene rings is 1. The Labute approximate surface area is 124 Å². The Bertz CT molecular complexity index is 613. The molecule has 0 unspecified atom stereocenters. The topological polar surface area (TPSA) is 62.2 Å². The predicted molar refractivity (Wildman–Crippen MR) is 78.3 cm³/mol. The number of nitrogens with zero attached hydrogens (tertiary/aromatic N) is 1. The van der Waals surface area contributed by atoms with Gasteiger partial charge in [0.2, 0.25) is 0 Å². The third-order valence-electron chi connectivity index (χ3n) is 2.11. The Kier molecular flexibility index (Phi) is 4.04. The van der Waals surface area contributed by atoms with Gasteiger partial charge in [-0.3, -0.25) is 10.1 Å². The van der Waals surface area contributed by atoms with E-state index in [1.54, 1.807) is 18.3 Å². The highest BCUT2D eigenvalue weighted by Gasteiger charge is 2.16. The van der Waals surface area contributed by atoms with Crippen LogP contribution in [0.2, 0.25) is 0 Å². The molecular formula is C11H8Br2N2O2S. The minimum absolute atomic E-state index is 0.0935. The summed E-state index contributed by atoms with van der Waals surface area (Å²) in [5.41, 5.74) is 0.184. The molecule has 4 nitrogen and oxygen atoms in total. The zero-order valence-corrected chi connectivity index (χ0v) is 13.2. The smallest absolute Gasteiger partial charge is 0.261 e. The van der Waals surface area contributed by atoms with Gasteiger partial charge in [0, 0.05) is 15.5 Å². The van der Waals surface area contributed by atoms with Gasteiger partial charge in [0.05, 0.1) is 10.0 Å². The zero-order valence-electron chi connectivity index (χ0n) is 9.20. The van der Waals surface area contributed by atoms with Crippen LogP contribution in [0.15, 0.2) is 27.3 Å². The van der Waals surface area contributed by atoms with Crippen LogP contribution in [0.4, 0.5) is 5.13 Å². The summed E-state index contributed by atoms with van der Waals surface area (Å²) in [5.74, 6) is -0.493. The van der Waals surface area contributed by atoms with Gasteiger partial charge in [-0.1, -0.05) is 15.9 Å². The fraction of sp³-hybridized carbons (Fsp3) is 0.0909. The molecule has 18 heavy (non-hydrogen) atoms. The molecular weight excluding hydrogens is 384 g/mol. The molecule has 0 spiro atoms. The van der Waals surface area contributed by atoms with E-state index in [0.717, 1.165) is 4.88 Å². The summed E-state index contributed by atoms with van der Waals surface area (Å²) in [4.78, 5) is 17.0. The number of carbonyl (C=O) groups is 1. The third kappa shape index (κ3) is 2.90. The van der Waals surface area contributed by atoms with Crippen molar-refractivity contribution in [2.24, 2.45) is 0 Å². The summed E-state index contributed by atoms with van der Waals surface area (Å²) >= 11 is 7.83. The number of thiazole rings is 1. The lowest BCUT2D eigenvalue weighted by Gasteiger charge is -2.06. The number of amides is 1. The molecule has 0 fully saturated rings. The first-order valence-electron chi connectivity index (χ1n) is 4.89. The monoisotopic (exact) mass is 390 g/mol. The molecule has 0 aliphatic rings. The highest BCUT2D eigenvalue weighted by Crippen LogP contribution is 2.32. The maximum atomic E-state index is 12.0. The third-order valence-corrected chi connectivity index (χ3v) is 4.01. The summed E-state index contributed by atoms with van der Waals surface area (Å²) < 4.78 is 1.16. The van der Waals surface area contributed by atoms with E-state index in [4.69, 9.17) is 0 Å². The van der Waals surface area contributed by atoms with Crippen LogP contribution in [0, 0.1) is 6.92 Å². The molecule has 0 saturated heterocycles. The number of halogens is 2. The molecule has 0 atom stereocenters. The molecule has 1 heterocycles. The molecule has 0 saturated carbocycles. The highest BCUT2D eigenvalue weighted by molar-refractivity contribution is 9.11. The van der Waals surface area contributed by atoms with Crippen LogP contribution < -0.4 is 5.32 Å². The van der Waals surface area contributed by atoms with Crippen molar-refractivity contribution in [3.63, 3.8) is 0 Å². The first-order valence-corrected chi connectivity index (χ1v) is 7.29. The molecule has 0 radical (unpaired) electrons. The molecule has 2 N–H and O–H groups in total. The van der Waals surface area contributed by atoms with Gasteiger partial charge in [-0.15, -0.1) is 11.3 Å². The molecule has 1 amide bonds. The van der Waals surface area contributed by atoms with Crippen molar-refractivity contribution in [1.82, 2.24) is 4.98 Å². The average molecular weight is 392 g/mol. The van der Waals surface area contributed by atoms with E-state index in [9.17, 15) is 9.90 Å². The number of rotatable bonds is 2. The lowest BCUT2D eigenvalue weighted by molar-refractivity contribution is 0.102. The van der Waals surface area contributed by atoms with Crippen LogP contribution in [-0.4, -0.2) is 16.0 Å². The first-order chi connectivity index (χ1) is 8.47. The van der Waals surface area contributed by atoms with Crippen molar-refractivity contribution in [1.29, 1.82) is 0 Å². The van der Waals surface area contributed by atoms with Gasteiger partial charge in [0.25, 0.3) is 5.91 Å². The molecule has 1 aromatic carbocycles.